The highest BCUT2D eigenvalue weighted by Crippen LogP contribution is 2.45. The van der Waals surface area contributed by atoms with Crippen LogP contribution in [0.3, 0.4) is 0 Å². The van der Waals surface area contributed by atoms with Crippen LogP contribution in [-0.2, 0) is 6.54 Å². The molecule has 2 N–H and O–H groups in total. The molecule has 0 unspecified atom stereocenters. The molecule has 0 amide bonds. The fraction of sp³-hybridized carbons (Fsp3) is 0.562. The number of hydrogen-bond acceptors (Lipinski definition) is 2. The third kappa shape index (κ3) is 1.83. The van der Waals surface area contributed by atoms with Crippen molar-refractivity contribution in [1.82, 2.24) is 9.55 Å². The smallest absolute Gasteiger partial charge is 0.113 e. The lowest BCUT2D eigenvalue weighted by Crippen LogP contribution is -2.31. The van der Waals surface area contributed by atoms with Crippen molar-refractivity contribution in [3.8, 4) is 0 Å². The maximum Gasteiger partial charge on any atom is 0.113 e. The highest BCUT2D eigenvalue weighted by Gasteiger charge is 2.36. The van der Waals surface area contributed by atoms with E-state index in [1.807, 2.05) is 12.1 Å². The van der Waals surface area contributed by atoms with Gasteiger partial charge in [-0.2, -0.15) is 0 Å². The molecule has 2 aliphatic rings. The lowest BCUT2D eigenvalue weighted by atomic mass is 9.70. The van der Waals surface area contributed by atoms with Crippen molar-refractivity contribution >= 4 is 16.7 Å². The number of fused-ring (bicyclic) bond motifs is 1. The van der Waals surface area contributed by atoms with E-state index in [2.05, 4.69) is 17.6 Å². The number of rotatable bonds is 3. The highest BCUT2D eigenvalue weighted by molar-refractivity contribution is 5.80. The van der Waals surface area contributed by atoms with E-state index < -0.39 is 0 Å². The Morgan fingerprint density at radius 1 is 1.37 bits per heavy atom. The van der Waals surface area contributed by atoms with Crippen molar-refractivity contribution in [2.45, 2.75) is 51.5 Å². The van der Waals surface area contributed by atoms with Gasteiger partial charge in [0.15, 0.2) is 0 Å². The van der Waals surface area contributed by atoms with Gasteiger partial charge >= 0.3 is 0 Å². The van der Waals surface area contributed by atoms with Crippen LogP contribution < -0.4 is 5.73 Å². The molecule has 0 atom stereocenters. The molecule has 1 aromatic heterocycles. The molecule has 0 radical (unpaired) electrons. The van der Waals surface area contributed by atoms with Crippen LogP contribution in [0.5, 0.6) is 0 Å². The normalized spacial score (nSPS) is 21.5. The van der Waals surface area contributed by atoms with Crippen LogP contribution in [0.2, 0.25) is 0 Å². The average molecular weight is 255 g/mol. The van der Waals surface area contributed by atoms with Gasteiger partial charge < -0.3 is 10.3 Å². The Labute approximate surface area is 113 Å². The molecule has 4 rings (SSSR count). The van der Waals surface area contributed by atoms with Gasteiger partial charge in [0.05, 0.1) is 11.0 Å². The first-order chi connectivity index (χ1) is 9.15. The first-order valence-corrected chi connectivity index (χ1v) is 7.40. The molecule has 3 nitrogen and oxygen atoms in total. The molecule has 2 saturated carbocycles. The van der Waals surface area contributed by atoms with Crippen molar-refractivity contribution in [2.24, 2.45) is 5.41 Å². The third-order valence-corrected chi connectivity index (χ3v) is 4.84. The Kier molecular flexibility index (Phi) is 2.23. The van der Waals surface area contributed by atoms with Crippen LogP contribution in [0.1, 0.15) is 50.8 Å². The molecule has 0 bridgehead atoms. The van der Waals surface area contributed by atoms with E-state index in [0.29, 0.717) is 11.3 Å². The van der Waals surface area contributed by atoms with Gasteiger partial charge in [0.1, 0.15) is 5.82 Å². The van der Waals surface area contributed by atoms with Gasteiger partial charge in [-0.25, -0.2) is 4.98 Å². The predicted molar refractivity (Wildman–Crippen MR) is 78.1 cm³/mol. The molecule has 100 valence electrons. The number of hydrogen-bond donors (Lipinski definition) is 1. The van der Waals surface area contributed by atoms with Gasteiger partial charge in [-0.05, 0) is 49.3 Å². The average Bonchev–Trinajstić information content (AvgIpc) is 3.12. The first-order valence-electron chi connectivity index (χ1n) is 7.40. The maximum atomic E-state index is 5.89. The number of anilines is 1. The zero-order valence-electron chi connectivity index (χ0n) is 11.5. The summed E-state index contributed by atoms with van der Waals surface area (Å²) in [6.45, 7) is 3.54. The minimum Gasteiger partial charge on any atom is -0.399 e. The lowest BCUT2D eigenvalue weighted by molar-refractivity contribution is 0.132. The molecule has 0 aliphatic heterocycles. The summed E-state index contributed by atoms with van der Waals surface area (Å²) in [5, 5.41) is 0. The Bertz CT molecular complexity index is 633. The van der Waals surface area contributed by atoms with Crippen LogP contribution in [0.25, 0.3) is 11.0 Å². The second kappa shape index (κ2) is 3.75. The summed E-state index contributed by atoms with van der Waals surface area (Å²) in [5.41, 5.74) is 9.53. The summed E-state index contributed by atoms with van der Waals surface area (Å²) in [7, 11) is 0. The number of nitrogen functional groups attached to an aromatic ring is 1. The number of aromatic nitrogens is 2. The number of imidazole rings is 1. The Hall–Kier alpha value is -1.51. The fourth-order valence-corrected chi connectivity index (χ4v) is 3.30. The van der Waals surface area contributed by atoms with Crippen molar-refractivity contribution < 1.29 is 0 Å². The minimum absolute atomic E-state index is 0.485. The summed E-state index contributed by atoms with van der Waals surface area (Å²) in [6.07, 6.45) is 6.69. The highest BCUT2D eigenvalue weighted by atomic mass is 15.1. The predicted octanol–water partition coefficient (Wildman–Crippen LogP) is 3.69. The standard InChI is InChI=1S/C16H21N3/c1-16(7-2-8-16)10-19-14-6-5-12(17)9-13(14)18-15(19)11-3-4-11/h5-6,9,11H,2-4,7-8,10,17H2,1H3. The molecule has 1 aromatic carbocycles. The molecule has 2 fully saturated rings. The quantitative estimate of drug-likeness (QED) is 0.850. The molecule has 1 heterocycles. The van der Waals surface area contributed by atoms with E-state index in [1.54, 1.807) is 0 Å². The van der Waals surface area contributed by atoms with Gasteiger partial charge in [0.25, 0.3) is 0 Å². The lowest BCUT2D eigenvalue weighted by Gasteiger charge is -2.39. The van der Waals surface area contributed by atoms with Crippen LogP contribution in [0, 0.1) is 5.41 Å². The molecule has 2 aromatic rings. The van der Waals surface area contributed by atoms with Gasteiger partial charge in [0, 0.05) is 18.2 Å². The van der Waals surface area contributed by atoms with Crippen LogP contribution in [0.4, 0.5) is 5.69 Å². The van der Waals surface area contributed by atoms with Gasteiger partial charge in [-0.15, -0.1) is 0 Å². The summed E-state index contributed by atoms with van der Waals surface area (Å²) in [6, 6.07) is 6.16. The second-order valence-corrected chi connectivity index (χ2v) is 6.74. The minimum atomic E-state index is 0.485. The van der Waals surface area contributed by atoms with E-state index in [9.17, 15) is 0 Å². The number of nitrogens with zero attached hydrogens (tertiary/aromatic N) is 2. The Balaban J connectivity index is 1.83. The van der Waals surface area contributed by atoms with Crippen LogP contribution in [-0.4, -0.2) is 9.55 Å². The van der Waals surface area contributed by atoms with Crippen molar-refractivity contribution in [3.63, 3.8) is 0 Å². The molecule has 2 aliphatic carbocycles. The summed E-state index contributed by atoms with van der Waals surface area (Å²) in [4.78, 5) is 4.86. The summed E-state index contributed by atoms with van der Waals surface area (Å²) < 4.78 is 2.48. The molecule has 0 spiro atoms. The molecular formula is C16H21N3. The fourth-order valence-electron chi connectivity index (χ4n) is 3.30. The molecular weight excluding hydrogens is 234 g/mol. The topological polar surface area (TPSA) is 43.8 Å². The van der Waals surface area contributed by atoms with Gasteiger partial charge in [0.2, 0.25) is 0 Å². The third-order valence-electron chi connectivity index (χ3n) is 4.84. The zero-order chi connectivity index (χ0) is 13.0. The zero-order valence-corrected chi connectivity index (χ0v) is 11.5. The molecule has 0 saturated heterocycles. The SMILES string of the molecule is CC1(Cn2c(C3CC3)nc3cc(N)ccc32)CCC1. The number of nitrogens with two attached hydrogens (primary N) is 1. The van der Waals surface area contributed by atoms with Crippen molar-refractivity contribution in [3.05, 3.63) is 24.0 Å². The van der Waals surface area contributed by atoms with E-state index >= 15 is 0 Å². The van der Waals surface area contributed by atoms with Gasteiger partial charge in [-0.1, -0.05) is 13.3 Å². The molecule has 19 heavy (non-hydrogen) atoms. The first kappa shape index (κ1) is 11.3. The van der Waals surface area contributed by atoms with Crippen LogP contribution >= 0.6 is 0 Å². The summed E-state index contributed by atoms with van der Waals surface area (Å²) in [5.74, 6) is 1.99. The van der Waals surface area contributed by atoms with Crippen molar-refractivity contribution in [1.29, 1.82) is 0 Å². The monoisotopic (exact) mass is 255 g/mol. The van der Waals surface area contributed by atoms with Crippen LogP contribution in [0.15, 0.2) is 18.2 Å². The maximum absolute atomic E-state index is 5.89. The van der Waals surface area contributed by atoms with E-state index in [1.165, 1.54) is 43.4 Å². The van der Waals surface area contributed by atoms with Gasteiger partial charge in [-0.3, -0.25) is 0 Å². The number of benzene rings is 1. The Morgan fingerprint density at radius 3 is 2.79 bits per heavy atom. The second-order valence-electron chi connectivity index (χ2n) is 6.74. The molecule has 3 heteroatoms. The van der Waals surface area contributed by atoms with Crippen molar-refractivity contribution in [2.75, 3.05) is 5.73 Å². The van der Waals surface area contributed by atoms with E-state index in [0.717, 1.165) is 17.7 Å². The van der Waals surface area contributed by atoms with E-state index in [4.69, 9.17) is 10.7 Å². The largest absolute Gasteiger partial charge is 0.399 e. The summed E-state index contributed by atoms with van der Waals surface area (Å²) >= 11 is 0. The Morgan fingerprint density at radius 2 is 2.16 bits per heavy atom. The van der Waals surface area contributed by atoms with E-state index in [-0.39, 0.29) is 0 Å².